The molecule has 8 heteroatoms. The summed E-state index contributed by atoms with van der Waals surface area (Å²) in [5.41, 5.74) is 4.60. The van der Waals surface area contributed by atoms with E-state index < -0.39 is 0 Å². The van der Waals surface area contributed by atoms with Gasteiger partial charge in [-0.2, -0.15) is 4.98 Å². The molecule has 0 spiro atoms. The van der Waals surface area contributed by atoms with Crippen molar-refractivity contribution in [3.63, 3.8) is 0 Å². The molecule has 0 saturated heterocycles. The first-order valence-electron chi connectivity index (χ1n) is 9.85. The molecule has 0 aliphatic carbocycles. The lowest BCUT2D eigenvalue weighted by Crippen LogP contribution is -2.23. The van der Waals surface area contributed by atoms with Gasteiger partial charge in [0.15, 0.2) is 0 Å². The number of benzene rings is 2. The van der Waals surface area contributed by atoms with E-state index in [1.165, 1.54) is 11.1 Å². The van der Waals surface area contributed by atoms with E-state index >= 15 is 0 Å². The standard InChI is InChI=1S/C22H24N4O3.ClH/c1-2-28-19-7-5-16(6-8-19)22-25-21(29-26-22)10-9-20(27)24-12-15-3-4-17-13-23-14-18(17)11-15;/h3-8,11,23H,2,9-10,12-14H2,1H3,(H,24,27);1H. The van der Waals surface area contributed by atoms with Crippen molar-refractivity contribution >= 4 is 18.3 Å². The van der Waals surface area contributed by atoms with E-state index in [1.807, 2.05) is 31.2 Å². The van der Waals surface area contributed by atoms with Gasteiger partial charge in [0.05, 0.1) is 6.61 Å². The van der Waals surface area contributed by atoms with Crippen LogP contribution < -0.4 is 15.4 Å². The quantitative estimate of drug-likeness (QED) is 0.571. The number of amides is 1. The van der Waals surface area contributed by atoms with Gasteiger partial charge in [0, 0.05) is 38.0 Å². The summed E-state index contributed by atoms with van der Waals surface area (Å²) in [5.74, 6) is 1.73. The molecule has 3 aromatic rings. The van der Waals surface area contributed by atoms with Crippen LogP contribution in [-0.4, -0.2) is 22.7 Å². The van der Waals surface area contributed by atoms with Gasteiger partial charge < -0.3 is 19.9 Å². The molecule has 0 radical (unpaired) electrons. The first-order valence-corrected chi connectivity index (χ1v) is 9.85. The Hall–Kier alpha value is -2.90. The Morgan fingerprint density at radius 3 is 2.77 bits per heavy atom. The highest BCUT2D eigenvalue weighted by Gasteiger charge is 2.12. The van der Waals surface area contributed by atoms with Gasteiger partial charge >= 0.3 is 0 Å². The Kier molecular flexibility index (Phi) is 7.43. The highest BCUT2D eigenvalue weighted by Crippen LogP contribution is 2.20. The maximum atomic E-state index is 12.2. The van der Waals surface area contributed by atoms with Crippen LogP contribution in [-0.2, 0) is 30.8 Å². The molecule has 0 bridgehead atoms. The molecule has 2 heterocycles. The van der Waals surface area contributed by atoms with E-state index in [2.05, 4.69) is 39.0 Å². The van der Waals surface area contributed by atoms with Gasteiger partial charge in [-0.15, -0.1) is 12.4 Å². The minimum absolute atomic E-state index is 0. The number of nitrogens with one attached hydrogen (secondary N) is 2. The monoisotopic (exact) mass is 428 g/mol. The van der Waals surface area contributed by atoms with Crippen LogP contribution in [0.3, 0.4) is 0 Å². The number of carbonyl (C=O) groups excluding carboxylic acids is 1. The molecule has 1 aliphatic heterocycles. The first kappa shape index (κ1) is 21.8. The number of rotatable bonds is 8. The lowest BCUT2D eigenvalue weighted by atomic mass is 10.1. The van der Waals surface area contributed by atoms with Crippen LogP contribution in [0.25, 0.3) is 11.4 Å². The number of halogens is 1. The highest BCUT2D eigenvalue weighted by atomic mass is 35.5. The molecule has 7 nitrogen and oxygen atoms in total. The number of ether oxygens (including phenoxy) is 1. The van der Waals surface area contributed by atoms with Crippen LogP contribution in [0.2, 0.25) is 0 Å². The molecular weight excluding hydrogens is 404 g/mol. The largest absolute Gasteiger partial charge is 0.494 e. The number of hydrogen-bond donors (Lipinski definition) is 2. The van der Waals surface area contributed by atoms with E-state index in [9.17, 15) is 4.79 Å². The van der Waals surface area contributed by atoms with Crippen LogP contribution in [0, 0.1) is 0 Å². The molecular formula is C22H25ClN4O3. The van der Waals surface area contributed by atoms with Crippen molar-refractivity contribution in [2.24, 2.45) is 0 Å². The first-order chi connectivity index (χ1) is 14.2. The van der Waals surface area contributed by atoms with Crippen molar-refractivity contribution in [2.45, 2.75) is 39.4 Å². The van der Waals surface area contributed by atoms with Gasteiger partial charge in [0.2, 0.25) is 17.6 Å². The number of aryl methyl sites for hydroxylation is 1. The Labute approximate surface area is 181 Å². The van der Waals surface area contributed by atoms with E-state index in [0.717, 1.165) is 30.0 Å². The third kappa shape index (κ3) is 5.37. The van der Waals surface area contributed by atoms with E-state index in [4.69, 9.17) is 9.26 Å². The van der Waals surface area contributed by atoms with Gasteiger partial charge in [-0.25, -0.2) is 0 Å². The highest BCUT2D eigenvalue weighted by molar-refractivity contribution is 5.85. The smallest absolute Gasteiger partial charge is 0.227 e. The second kappa shape index (κ2) is 10.2. The fraction of sp³-hybridized carbons (Fsp3) is 0.318. The molecule has 2 N–H and O–H groups in total. The van der Waals surface area contributed by atoms with Gasteiger partial charge in [0.25, 0.3) is 0 Å². The third-order valence-electron chi connectivity index (χ3n) is 4.85. The molecule has 0 atom stereocenters. The molecule has 1 aliphatic rings. The molecule has 158 valence electrons. The zero-order valence-corrected chi connectivity index (χ0v) is 17.6. The zero-order valence-electron chi connectivity index (χ0n) is 16.8. The summed E-state index contributed by atoms with van der Waals surface area (Å²) in [5, 5.41) is 10.3. The summed E-state index contributed by atoms with van der Waals surface area (Å²) in [6, 6.07) is 13.9. The molecule has 0 unspecified atom stereocenters. The van der Waals surface area contributed by atoms with Crippen molar-refractivity contribution in [1.29, 1.82) is 0 Å². The molecule has 2 aromatic carbocycles. The number of aromatic nitrogens is 2. The predicted molar refractivity (Wildman–Crippen MR) is 115 cm³/mol. The molecule has 4 rings (SSSR count). The van der Waals surface area contributed by atoms with Gasteiger partial charge in [-0.05, 0) is 47.9 Å². The maximum absolute atomic E-state index is 12.2. The average molecular weight is 429 g/mol. The Morgan fingerprint density at radius 2 is 1.97 bits per heavy atom. The summed E-state index contributed by atoms with van der Waals surface area (Å²) in [4.78, 5) is 16.6. The second-order valence-electron chi connectivity index (χ2n) is 6.95. The van der Waals surface area contributed by atoms with E-state index in [1.54, 1.807) is 0 Å². The fourth-order valence-electron chi connectivity index (χ4n) is 3.31. The van der Waals surface area contributed by atoms with Crippen molar-refractivity contribution in [2.75, 3.05) is 6.61 Å². The summed E-state index contributed by atoms with van der Waals surface area (Å²) < 4.78 is 10.7. The van der Waals surface area contributed by atoms with Gasteiger partial charge in [-0.3, -0.25) is 4.79 Å². The predicted octanol–water partition coefficient (Wildman–Crippen LogP) is 3.41. The minimum Gasteiger partial charge on any atom is -0.494 e. The Bertz CT molecular complexity index is 988. The van der Waals surface area contributed by atoms with Crippen LogP contribution in [0.15, 0.2) is 47.0 Å². The van der Waals surface area contributed by atoms with Crippen molar-refractivity contribution < 1.29 is 14.1 Å². The van der Waals surface area contributed by atoms with E-state index in [-0.39, 0.29) is 18.3 Å². The molecule has 1 amide bonds. The van der Waals surface area contributed by atoms with E-state index in [0.29, 0.717) is 37.7 Å². The normalized spacial score (nSPS) is 12.2. The summed E-state index contributed by atoms with van der Waals surface area (Å²) in [7, 11) is 0. The summed E-state index contributed by atoms with van der Waals surface area (Å²) >= 11 is 0. The lowest BCUT2D eigenvalue weighted by molar-refractivity contribution is -0.121. The maximum Gasteiger partial charge on any atom is 0.227 e. The Balaban J connectivity index is 0.00000256. The van der Waals surface area contributed by atoms with Crippen LogP contribution in [0.1, 0.15) is 35.9 Å². The van der Waals surface area contributed by atoms with Gasteiger partial charge in [-0.1, -0.05) is 23.4 Å². The lowest BCUT2D eigenvalue weighted by Gasteiger charge is -2.06. The van der Waals surface area contributed by atoms with Crippen molar-refractivity contribution in [3.8, 4) is 17.1 Å². The Morgan fingerprint density at radius 1 is 1.17 bits per heavy atom. The van der Waals surface area contributed by atoms with Crippen LogP contribution in [0.4, 0.5) is 0 Å². The fourth-order valence-corrected chi connectivity index (χ4v) is 3.31. The number of nitrogens with zero attached hydrogens (tertiary/aromatic N) is 2. The van der Waals surface area contributed by atoms with Crippen molar-refractivity contribution in [3.05, 3.63) is 65.0 Å². The van der Waals surface area contributed by atoms with Gasteiger partial charge in [0.1, 0.15) is 5.75 Å². The average Bonchev–Trinajstić information content (AvgIpc) is 3.40. The molecule has 1 aromatic heterocycles. The van der Waals surface area contributed by atoms with Crippen LogP contribution in [0.5, 0.6) is 5.75 Å². The zero-order chi connectivity index (χ0) is 20.1. The SMILES string of the molecule is CCOc1ccc(-c2noc(CCC(=O)NCc3ccc4c(c3)CNC4)n2)cc1.Cl. The second-order valence-corrected chi connectivity index (χ2v) is 6.95. The van der Waals surface area contributed by atoms with Crippen molar-refractivity contribution in [1.82, 2.24) is 20.8 Å². The number of fused-ring (bicyclic) bond motifs is 1. The number of hydrogen-bond acceptors (Lipinski definition) is 6. The topological polar surface area (TPSA) is 89.3 Å². The third-order valence-corrected chi connectivity index (χ3v) is 4.85. The minimum atomic E-state index is -0.0376. The van der Waals surface area contributed by atoms with Crippen LogP contribution >= 0.6 is 12.4 Å². The summed E-state index contributed by atoms with van der Waals surface area (Å²) in [6.45, 7) is 4.90. The number of carbonyl (C=O) groups is 1. The molecule has 0 saturated carbocycles. The molecule has 30 heavy (non-hydrogen) atoms. The summed E-state index contributed by atoms with van der Waals surface area (Å²) in [6.07, 6.45) is 0.710. The molecule has 0 fully saturated rings.